The highest BCUT2D eigenvalue weighted by Crippen LogP contribution is 2.14. The smallest absolute Gasteiger partial charge is 0.0445 e. The van der Waals surface area contributed by atoms with Crippen LogP contribution in [0.25, 0.3) is 0 Å². The van der Waals surface area contributed by atoms with Gasteiger partial charge in [-0.15, -0.1) is 11.8 Å². The second-order valence-electron chi connectivity index (χ2n) is 3.52. The lowest BCUT2D eigenvalue weighted by Crippen LogP contribution is -2.39. The maximum Gasteiger partial charge on any atom is 0.0445 e. The van der Waals surface area contributed by atoms with Crippen molar-refractivity contribution in [3.05, 3.63) is 0 Å². The van der Waals surface area contributed by atoms with Crippen LogP contribution in [-0.4, -0.2) is 35.7 Å². The summed E-state index contributed by atoms with van der Waals surface area (Å²) in [5.41, 5.74) is 5.95. The molecule has 1 aliphatic rings. The van der Waals surface area contributed by atoms with Crippen LogP contribution < -0.4 is 5.73 Å². The first-order valence-electron chi connectivity index (χ1n) is 4.26. The Kier molecular flexibility index (Phi) is 3.69. The summed E-state index contributed by atoms with van der Waals surface area (Å²) in [7, 11) is 0. The van der Waals surface area contributed by atoms with Crippen molar-refractivity contribution in [2.45, 2.75) is 19.9 Å². The summed E-state index contributed by atoms with van der Waals surface area (Å²) in [5, 5.41) is 0. The van der Waals surface area contributed by atoms with Gasteiger partial charge in [0.25, 0.3) is 0 Å². The fourth-order valence-electron chi connectivity index (χ4n) is 1.10. The molecule has 0 amide bonds. The molecule has 1 atom stereocenters. The van der Waals surface area contributed by atoms with Gasteiger partial charge in [-0.25, -0.2) is 0 Å². The second kappa shape index (κ2) is 4.33. The average Bonchev–Trinajstić information content (AvgIpc) is 2.39. The van der Waals surface area contributed by atoms with Gasteiger partial charge in [0, 0.05) is 30.8 Å². The van der Waals surface area contributed by atoms with E-state index in [-0.39, 0.29) is 0 Å². The first-order chi connectivity index (χ1) is 5.20. The number of nitrogens with zero attached hydrogens (tertiary/aromatic N) is 1. The molecular formula is C8H18N2S. The van der Waals surface area contributed by atoms with Crippen molar-refractivity contribution in [2.75, 3.05) is 24.7 Å². The van der Waals surface area contributed by atoms with Gasteiger partial charge in [0.1, 0.15) is 0 Å². The van der Waals surface area contributed by atoms with Gasteiger partial charge in [0.2, 0.25) is 0 Å². The lowest BCUT2D eigenvalue weighted by atomic mass is 10.1. The molecule has 0 aromatic heterocycles. The first-order valence-corrected chi connectivity index (χ1v) is 5.41. The van der Waals surface area contributed by atoms with Crippen molar-refractivity contribution < 1.29 is 0 Å². The highest BCUT2D eigenvalue weighted by molar-refractivity contribution is 7.99. The minimum absolute atomic E-state index is 0.355. The van der Waals surface area contributed by atoms with Crippen LogP contribution in [0, 0.1) is 5.92 Å². The van der Waals surface area contributed by atoms with E-state index in [0.717, 1.165) is 6.54 Å². The van der Waals surface area contributed by atoms with Gasteiger partial charge in [-0.3, -0.25) is 4.90 Å². The Hall–Kier alpha value is 0.270. The minimum Gasteiger partial charge on any atom is -0.326 e. The second-order valence-corrected chi connectivity index (χ2v) is 4.60. The van der Waals surface area contributed by atoms with E-state index in [1.54, 1.807) is 0 Å². The Bertz CT molecular complexity index is 111. The Morgan fingerprint density at radius 2 is 2.27 bits per heavy atom. The van der Waals surface area contributed by atoms with Gasteiger partial charge in [0.15, 0.2) is 0 Å². The van der Waals surface area contributed by atoms with Crippen molar-refractivity contribution in [3.8, 4) is 0 Å². The van der Waals surface area contributed by atoms with E-state index >= 15 is 0 Å². The third-order valence-corrected chi connectivity index (χ3v) is 3.17. The van der Waals surface area contributed by atoms with Crippen LogP contribution in [0.1, 0.15) is 13.8 Å². The molecule has 66 valence electrons. The largest absolute Gasteiger partial charge is 0.326 e. The maximum absolute atomic E-state index is 5.95. The summed E-state index contributed by atoms with van der Waals surface area (Å²) in [6.45, 7) is 6.68. The van der Waals surface area contributed by atoms with E-state index in [9.17, 15) is 0 Å². The van der Waals surface area contributed by atoms with Crippen LogP contribution in [0.15, 0.2) is 0 Å². The molecule has 0 radical (unpaired) electrons. The van der Waals surface area contributed by atoms with Crippen LogP contribution in [0.4, 0.5) is 0 Å². The fraction of sp³-hybridized carbons (Fsp3) is 1.00. The molecule has 2 N–H and O–H groups in total. The van der Waals surface area contributed by atoms with Gasteiger partial charge < -0.3 is 5.73 Å². The van der Waals surface area contributed by atoms with Crippen LogP contribution in [-0.2, 0) is 0 Å². The van der Waals surface area contributed by atoms with Gasteiger partial charge in [0.05, 0.1) is 0 Å². The van der Waals surface area contributed by atoms with Crippen molar-refractivity contribution in [2.24, 2.45) is 11.7 Å². The number of nitrogens with two attached hydrogens (primary N) is 1. The molecule has 11 heavy (non-hydrogen) atoms. The van der Waals surface area contributed by atoms with Crippen molar-refractivity contribution in [1.29, 1.82) is 0 Å². The predicted octanol–water partition coefficient (Wildman–Crippen LogP) is 0.976. The van der Waals surface area contributed by atoms with Crippen molar-refractivity contribution >= 4 is 11.8 Å². The maximum atomic E-state index is 5.95. The molecule has 0 bridgehead atoms. The molecule has 0 saturated carbocycles. The molecular weight excluding hydrogens is 156 g/mol. The van der Waals surface area contributed by atoms with Gasteiger partial charge in [-0.1, -0.05) is 13.8 Å². The molecule has 0 spiro atoms. The Morgan fingerprint density at radius 3 is 2.73 bits per heavy atom. The van der Waals surface area contributed by atoms with E-state index in [1.165, 1.54) is 18.2 Å². The van der Waals surface area contributed by atoms with Crippen LogP contribution in [0.5, 0.6) is 0 Å². The van der Waals surface area contributed by atoms with E-state index < -0.39 is 0 Å². The minimum atomic E-state index is 0.355. The molecule has 0 aromatic rings. The summed E-state index contributed by atoms with van der Waals surface area (Å²) in [5.74, 6) is 3.08. The Labute approximate surface area is 73.5 Å². The zero-order valence-corrected chi connectivity index (χ0v) is 8.23. The molecule has 1 heterocycles. The zero-order valence-electron chi connectivity index (χ0n) is 7.42. The number of thioether (sulfide) groups is 1. The first kappa shape index (κ1) is 9.36. The standard InChI is InChI=1S/C8H18N2S/c1-7(2)8(9)5-10-3-4-11-6-10/h7-8H,3-6,9H2,1-2H3. The lowest BCUT2D eigenvalue weighted by molar-refractivity contribution is 0.297. The molecule has 3 heteroatoms. The normalized spacial score (nSPS) is 22.9. The van der Waals surface area contributed by atoms with E-state index in [4.69, 9.17) is 5.73 Å². The summed E-state index contributed by atoms with van der Waals surface area (Å²) in [6.07, 6.45) is 0. The van der Waals surface area contributed by atoms with Crippen molar-refractivity contribution in [3.63, 3.8) is 0 Å². The molecule has 1 aliphatic heterocycles. The number of hydrogen-bond donors (Lipinski definition) is 1. The predicted molar refractivity (Wildman–Crippen MR) is 51.7 cm³/mol. The number of hydrogen-bond acceptors (Lipinski definition) is 3. The third-order valence-electron chi connectivity index (χ3n) is 2.15. The van der Waals surface area contributed by atoms with Gasteiger partial charge in [-0.2, -0.15) is 0 Å². The van der Waals surface area contributed by atoms with Crippen LogP contribution >= 0.6 is 11.8 Å². The third kappa shape index (κ3) is 3.01. The molecule has 2 nitrogen and oxygen atoms in total. The summed E-state index contributed by atoms with van der Waals surface area (Å²) in [6, 6.07) is 0.355. The van der Waals surface area contributed by atoms with E-state index in [2.05, 4.69) is 18.7 Å². The SMILES string of the molecule is CC(C)C(N)CN1CCSC1. The molecule has 0 aromatic carbocycles. The summed E-state index contributed by atoms with van der Waals surface area (Å²) < 4.78 is 0. The topological polar surface area (TPSA) is 29.3 Å². The molecule has 1 rings (SSSR count). The monoisotopic (exact) mass is 174 g/mol. The molecule has 0 aliphatic carbocycles. The highest BCUT2D eigenvalue weighted by Gasteiger charge is 2.16. The molecule has 1 saturated heterocycles. The highest BCUT2D eigenvalue weighted by atomic mass is 32.2. The Balaban J connectivity index is 2.18. The Morgan fingerprint density at radius 1 is 1.55 bits per heavy atom. The number of rotatable bonds is 3. The quantitative estimate of drug-likeness (QED) is 0.691. The average molecular weight is 174 g/mol. The summed E-state index contributed by atoms with van der Waals surface area (Å²) >= 11 is 2.01. The van der Waals surface area contributed by atoms with Gasteiger partial charge in [-0.05, 0) is 5.92 Å². The molecule has 1 fully saturated rings. The van der Waals surface area contributed by atoms with Gasteiger partial charge >= 0.3 is 0 Å². The van der Waals surface area contributed by atoms with Crippen LogP contribution in [0.2, 0.25) is 0 Å². The lowest BCUT2D eigenvalue weighted by Gasteiger charge is -2.21. The van der Waals surface area contributed by atoms with Crippen molar-refractivity contribution in [1.82, 2.24) is 4.90 Å². The van der Waals surface area contributed by atoms with Crippen LogP contribution in [0.3, 0.4) is 0 Å². The summed E-state index contributed by atoms with van der Waals surface area (Å²) in [4.78, 5) is 2.44. The fourth-order valence-corrected chi connectivity index (χ4v) is 2.11. The zero-order chi connectivity index (χ0) is 8.27. The van der Waals surface area contributed by atoms with E-state index in [0.29, 0.717) is 12.0 Å². The van der Waals surface area contributed by atoms with E-state index in [1.807, 2.05) is 11.8 Å². The molecule has 1 unspecified atom stereocenters.